The van der Waals surface area contributed by atoms with E-state index in [0.29, 0.717) is 0 Å². The Balaban J connectivity index is 1.80. The molecule has 0 saturated carbocycles. The van der Waals surface area contributed by atoms with Crippen LogP contribution in [-0.4, -0.2) is 26.2 Å². The number of benzene rings is 1. The highest BCUT2D eigenvalue weighted by molar-refractivity contribution is 5.57. The topological polar surface area (TPSA) is 15.3 Å². The van der Waals surface area contributed by atoms with E-state index in [2.05, 4.69) is 48.3 Å². The molecule has 88 valence electrons. The van der Waals surface area contributed by atoms with Crippen molar-refractivity contribution in [2.45, 2.75) is 20.3 Å². The molecule has 2 heteroatoms. The molecule has 0 fully saturated rings. The first kappa shape index (κ1) is 11.5. The standard InChI is InChI=1S/C14H22N2/c1-12(2)11-15-8-10-16-9-7-13-5-3-4-6-14(13)16/h3-6,12,15H,7-11H2,1-2H3. The number of rotatable bonds is 5. The molecule has 2 rings (SSSR count). The van der Waals surface area contributed by atoms with Crippen LogP contribution in [0.1, 0.15) is 19.4 Å². The monoisotopic (exact) mass is 218 g/mol. The Hall–Kier alpha value is -1.02. The number of hydrogen-bond donors (Lipinski definition) is 1. The average Bonchev–Trinajstić information content (AvgIpc) is 2.68. The summed E-state index contributed by atoms with van der Waals surface area (Å²) in [5.41, 5.74) is 2.94. The molecule has 1 aromatic rings. The van der Waals surface area contributed by atoms with Crippen LogP contribution in [0.4, 0.5) is 5.69 Å². The van der Waals surface area contributed by atoms with Crippen molar-refractivity contribution >= 4 is 5.69 Å². The van der Waals surface area contributed by atoms with Crippen LogP contribution in [0.5, 0.6) is 0 Å². The van der Waals surface area contributed by atoms with Gasteiger partial charge in [-0.1, -0.05) is 32.0 Å². The van der Waals surface area contributed by atoms with Gasteiger partial charge in [0.05, 0.1) is 0 Å². The van der Waals surface area contributed by atoms with Gasteiger partial charge in [-0.15, -0.1) is 0 Å². The van der Waals surface area contributed by atoms with Crippen molar-refractivity contribution in [3.8, 4) is 0 Å². The van der Waals surface area contributed by atoms with Gasteiger partial charge in [0, 0.05) is 25.3 Å². The van der Waals surface area contributed by atoms with E-state index in [4.69, 9.17) is 0 Å². The lowest BCUT2D eigenvalue weighted by atomic mass is 10.2. The van der Waals surface area contributed by atoms with Crippen LogP contribution in [0.25, 0.3) is 0 Å². The van der Waals surface area contributed by atoms with E-state index in [1.54, 1.807) is 0 Å². The van der Waals surface area contributed by atoms with Gasteiger partial charge in [-0.25, -0.2) is 0 Å². The zero-order chi connectivity index (χ0) is 11.4. The van der Waals surface area contributed by atoms with Crippen molar-refractivity contribution < 1.29 is 0 Å². The second-order valence-electron chi connectivity index (χ2n) is 4.96. The van der Waals surface area contributed by atoms with E-state index >= 15 is 0 Å². The molecule has 1 N–H and O–H groups in total. The van der Waals surface area contributed by atoms with Crippen LogP contribution in [-0.2, 0) is 6.42 Å². The van der Waals surface area contributed by atoms with E-state index in [0.717, 1.165) is 25.6 Å². The molecule has 2 nitrogen and oxygen atoms in total. The Bertz CT molecular complexity index is 333. The summed E-state index contributed by atoms with van der Waals surface area (Å²) in [6, 6.07) is 8.76. The molecular formula is C14H22N2. The van der Waals surface area contributed by atoms with Crippen LogP contribution in [0.2, 0.25) is 0 Å². The molecule has 0 bridgehead atoms. The summed E-state index contributed by atoms with van der Waals surface area (Å²) in [6.07, 6.45) is 1.21. The van der Waals surface area contributed by atoms with E-state index in [1.807, 2.05) is 0 Å². The zero-order valence-corrected chi connectivity index (χ0v) is 10.4. The van der Waals surface area contributed by atoms with Crippen LogP contribution >= 0.6 is 0 Å². The summed E-state index contributed by atoms with van der Waals surface area (Å²) in [5.74, 6) is 0.742. The number of anilines is 1. The molecule has 0 unspecified atom stereocenters. The van der Waals surface area contributed by atoms with Gasteiger partial charge in [0.1, 0.15) is 0 Å². The largest absolute Gasteiger partial charge is 0.370 e. The van der Waals surface area contributed by atoms with Gasteiger partial charge >= 0.3 is 0 Å². The van der Waals surface area contributed by atoms with Crippen LogP contribution in [0.15, 0.2) is 24.3 Å². The molecule has 0 aliphatic carbocycles. The maximum Gasteiger partial charge on any atom is 0.0399 e. The first-order valence-corrected chi connectivity index (χ1v) is 6.31. The van der Waals surface area contributed by atoms with Gasteiger partial charge in [0.2, 0.25) is 0 Å². The van der Waals surface area contributed by atoms with Gasteiger partial charge in [0.15, 0.2) is 0 Å². The number of nitrogens with zero attached hydrogens (tertiary/aromatic N) is 1. The van der Waals surface area contributed by atoms with Gasteiger partial charge < -0.3 is 10.2 Å². The molecule has 0 spiro atoms. The fourth-order valence-electron chi connectivity index (χ4n) is 2.24. The highest BCUT2D eigenvalue weighted by Gasteiger charge is 2.16. The quantitative estimate of drug-likeness (QED) is 0.763. The second kappa shape index (κ2) is 5.35. The van der Waals surface area contributed by atoms with E-state index < -0.39 is 0 Å². The summed E-state index contributed by atoms with van der Waals surface area (Å²) < 4.78 is 0. The van der Waals surface area contributed by atoms with Gasteiger partial charge in [0.25, 0.3) is 0 Å². The smallest absolute Gasteiger partial charge is 0.0399 e. The van der Waals surface area contributed by atoms with E-state index in [-0.39, 0.29) is 0 Å². The Morgan fingerprint density at radius 3 is 2.94 bits per heavy atom. The van der Waals surface area contributed by atoms with Crippen LogP contribution in [0, 0.1) is 5.92 Å². The van der Waals surface area contributed by atoms with Gasteiger partial charge in [-0.05, 0) is 30.5 Å². The third kappa shape index (κ3) is 2.76. The first-order valence-electron chi connectivity index (χ1n) is 6.31. The van der Waals surface area contributed by atoms with Crippen LogP contribution < -0.4 is 10.2 Å². The normalized spacial score (nSPS) is 14.6. The lowest BCUT2D eigenvalue weighted by Crippen LogP contribution is -2.32. The minimum absolute atomic E-state index is 0.742. The second-order valence-corrected chi connectivity index (χ2v) is 4.96. The predicted molar refractivity (Wildman–Crippen MR) is 70.1 cm³/mol. The maximum absolute atomic E-state index is 3.50. The Labute approximate surface area is 98.7 Å². The minimum Gasteiger partial charge on any atom is -0.370 e. The molecule has 16 heavy (non-hydrogen) atoms. The summed E-state index contributed by atoms with van der Waals surface area (Å²) >= 11 is 0. The summed E-state index contributed by atoms with van der Waals surface area (Å²) in [5, 5.41) is 3.50. The lowest BCUT2D eigenvalue weighted by Gasteiger charge is -2.19. The SMILES string of the molecule is CC(C)CNCCN1CCc2ccccc21. The number of para-hydroxylation sites is 1. The maximum atomic E-state index is 3.50. The highest BCUT2D eigenvalue weighted by Crippen LogP contribution is 2.26. The van der Waals surface area contributed by atoms with E-state index in [9.17, 15) is 0 Å². The van der Waals surface area contributed by atoms with Gasteiger partial charge in [-0.2, -0.15) is 0 Å². The summed E-state index contributed by atoms with van der Waals surface area (Å²) in [7, 11) is 0. The molecule has 1 aliphatic heterocycles. The Morgan fingerprint density at radius 1 is 1.31 bits per heavy atom. The van der Waals surface area contributed by atoms with Crippen molar-refractivity contribution in [2.75, 3.05) is 31.1 Å². The molecule has 1 aromatic carbocycles. The van der Waals surface area contributed by atoms with E-state index in [1.165, 1.54) is 24.2 Å². The molecule has 1 heterocycles. The van der Waals surface area contributed by atoms with Gasteiger partial charge in [-0.3, -0.25) is 0 Å². The number of nitrogens with one attached hydrogen (secondary N) is 1. The molecular weight excluding hydrogens is 196 g/mol. The summed E-state index contributed by atoms with van der Waals surface area (Å²) in [4.78, 5) is 2.49. The average molecular weight is 218 g/mol. The Morgan fingerprint density at radius 2 is 2.12 bits per heavy atom. The molecule has 0 saturated heterocycles. The van der Waals surface area contributed by atoms with Crippen molar-refractivity contribution in [1.82, 2.24) is 5.32 Å². The number of fused-ring (bicyclic) bond motifs is 1. The third-order valence-electron chi connectivity index (χ3n) is 3.09. The summed E-state index contributed by atoms with van der Waals surface area (Å²) in [6.45, 7) is 9.02. The van der Waals surface area contributed by atoms with Crippen molar-refractivity contribution in [1.29, 1.82) is 0 Å². The van der Waals surface area contributed by atoms with Crippen LogP contribution in [0.3, 0.4) is 0 Å². The third-order valence-corrected chi connectivity index (χ3v) is 3.09. The first-order chi connectivity index (χ1) is 7.77. The van der Waals surface area contributed by atoms with Crippen molar-refractivity contribution in [3.05, 3.63) is 29.8 Å². The van der Waals surface area contributed by atoms with Crippen molar-refractivity contribution in [3.63, 3.8) is 0 Å². The molecule has 1 aliphatic rings. The molecule has 0 radical (unpaired) electrons. The zero-order valence-electron chi connectivity index (χ0n) is 10.4. The molecule has 0 aromatic heterocycles. The number of hydrogen-bond acceptors (Lipinski definition) is 2. The fraction of sp³-hybridized carbons (Fsp3) is 0.571. The molecule has 0 atom stereocenters. The lowest BCUT2D eigenvalue weighted by molar-refractivity contribution is 0.552. The Kier molecular flexibility index (Phi) is 3.83. The molecule has 0 amide bonds. The minimum atomic E-state index is 0.742. The fourth-order valence-corrected chi connectivity index (χ4v) is 2.24. The predicted octanol–water partition coefficient (Wildman–Crippen LogP) is 2.29. The van der Waals surface area contributed by atoms with Crippen molar-refractivity contribution in [2.24, 2.45) is 5.92 Å². The highest BCUT2D eigenvalue weighted by atomic mass is 15.2.